The number of benzene rings is 1. The SMILES string of the molecule is C/C(=C(\C#N)C(N)=S)N1CCC(c2ccccc2)CC1. The van der Waals surface area contributed by atoms with Crippen molar-refractivity contribution in [2.24, 2.45) is 5.73 Å². The van der Waals surface area contributed by atoms with Crippen LogP contribution < -0.4 is 5.73 Å². The lowest BCUT2D eigenvalue weighted by Gasteiger charge is -2.34. The third-order valence-electron chi connectivity index (χ3n) is 3.96. The fourth-order valence-electron chi connectivity index (χ4n) is 2.75. The molecule has 1 aromatic rings. The van der Waals surface area contributed by atoms with Crippen LogP contribution in [0.25, 0.3) is 0 Å². The van der Waals surface area contributed by atoms with Gasteiger partial charge in [-0.05, 0) is 31.2 Å². The number of likely N-dealkylation sites (tertiary alicyclic amines) is 1. The minimum absolute atomic E-state index is 0.190. The van der Waals surface area contributed by atoms with Crippen molar-refractivity contribution in [3.63, 3.8) is 0 Å². The maximum atomic E-state index is 9.13. The van der Waals surface area contributed by atoms with Crippen molar-refractivity contribution >= 4 is 17.2 Å². The number of allylic oxidation sites excluding steroid dienone is 1. The number of nitrogens with two attached hydrogens (primary N) is 1. The lowest BCUT2D eigenvalue weighted by Crippen LogP contribution is -2.33. The molecule has 4 heteroatoms. The second-order valence-electron chi connectivity index (χ2n) is 5.11. The highest BCUT2D eigenvalue weighted by molar-refractivity contribution is 7.80. The van der Waals surface area contributed by atoms with Crippen LogP contribution in [0.1, 0.15) is 31.2 Å². The van der Waals surface area contributed by atoms with Gasteiger partial charge in [-0.3, -0.25) is 0 Å². The van der Waals surface area contributed by atoms with Crippen molar-refractivity contribution < 1.29 is 0 Å². The first-order chi connectivity index (χ1) is 9.63. The summed E-state index contributed by atoms with van der Waals surface area (Å²) < 4.78 is 0. The van der Waals surface area contributed by atoms with Gasteiger partial charge in [0.15, 0.2) is 0 Å². The molecule has 0 unspecified atom stereocenters. The van der Waals surface area contributed by atoms with Gasteiger partial charge in [0.25, 0.3) is 0 Å². The minimum atomic E-state index is 0.190. The molecule has 1 fully saturated rings. The molecular weight excluding hydrogens is 266 g/mol. The van der Waals surface area contributed by atoms with E-state index < -0.39 is 0 Å². The van der Waals surface area contributed by atoms with Gasteiger partial charge in [-0.1, -0.05) is 42.5 Å². The zero-order valence-electron chi connectivity index (χ0n) is 11.7. The van der Waals surface area contributed by atoms with E-state index in [9.17, 15) is 0 Å². The molecular formula is C16H19N3S. The van der Waals surface area contributed by atoms with Crippen molar-refractivity contribution in [1.82, 2.24) is 4.90 Å². The molecule has 1 saturated heterocycles. The van der Waals surface area contributed by atoms with Crippen LogP contribution in [0.5, 0.6) is 0 Å². The zero-order chi connectivity index (χ0) is 14.5. The van der Waals surface area contributed by atoms with Crippen LogP contribution in [0.2, 0.25) is 0 Å². The monoisotopic (exact) mass is 285 g/mol. The molecule has 0 aliphatic carbocycles. The zero-order valence-corrected chi connectivity index (χ0v) is 12.5. The lowest BCUT2D eigenvalue weighted by molar-refractivity contribution is 0.263. The topological polar surface area (TPSA) is 53.1 Å². The highest BCUT2D eigenvalue weighted by atomic mass is 32.1. The van der Waals surface area contributed by atoms with Gasteiger partial charge in [-0.25, -0.2) is 0 Å². The molecule has 1 aliphatic heterocycles. The van der Waals surface area contributed by atoms with Crippen LogP contribution in [0.4, 0.5) is 0 Å². The molecule has 0 bridgehead atoms. The first-order valence-corrected chi connectivity index (χ1v) is 7.25. The molecule has 104 valence electrons. The summed E-state index contributed by atoms with van der Waals surface area (Å²) in [5.41, 5.74) is 8.36. The first-order valence-electron chi connectivity index (χ1n) is 6.84. The first kappa shape index (κ1) is 14.5. The van der Waals surface area contributed by atoms with Crippen molar-refractivity contribution in [3.05, 3.63) is 47.2 Å². The molecule has 0 radical (unpaired) electrons. The van der Waals surface area contributed by atoms with Gasteiger partial charge in [-0.15, -0.1) is 0 Å². The highest BCUT2D eigenvalue weighted by Crippen LogP contribution is 2.29. The average Bonchev–Trinajstić information content (AvgIpc) is 2.48. The van der Waals surface area contributed by atoms with Crippen LogP contribution >= 0.6 is 12.2 Å². The molecule has 1 aromatic carbocycles. The predicted molar refractivity (Wildman–Crippen MR) is 85.1 cm³/mol. The van der Waals surface area contributed by atoms with Crippen molar-refractivity contribution in [3.8, 4) is 6.07 Å². The van der Waals surface area contributed by atoms with Gasteiger partial charge in [0, 0.05) is 18.8 Å². The van der Waals surface area contributed by atoms with E-state index >= 15 is 0 Å². The maximum absolute atomic E-state index is 9.13. The van der Waals surface area contributed by atoms with Gasteiger partial charge in [0.2, 0.25) is 0 Å². The van der Waals surface area contributed by atoms with Crippen LogP contribution in [0.15, 0.2) is 41.6 Å². The molecule has 3 nitrogen and oxygen atoms in total. The molecule has 2 rings (SSSR count). The van der Waals surface area contributed by atoms with Gasteiger partial charge < -0.3 is 10.6 Å². The number of nitriles is 1. The molecule has 0 amide bonds. The molecule has 2 N–H and O–H groups in total. The van der Waals surface area contributed by atoms with E-state index in [1.54, 1.807) is 0 Å². The predicted octanol–water partition coefficient (Wildman–Crippen LogP) is 2.95. The minimum Gasteiger partial charge on any atom is -0.389 e. The van der Waals surface area contributed by atoms with Crippen LogP contribution in [0, 0.1) is 11.3 Å². The summed E-state index contributed by atoms with van der Waals surface area (Å²) in [5.74, 6) is 0.607. The smallest absolute Gasteiger partial charge is 0.116 e. The Balaban J connectivity index is 2.05. The summed E-state index contributed by atoms with van der Waals surface area (Å²) >= 11 is 4.93. The normalized spacial score (nSPS) is 17.3. The van der Waals surface area contributed by atoms with Crippen LogP contribution in [0.3, 0.4) is 0 Å². The number of rotatable bonds is 3. The Bertz CT molecular complexity index is 549. The van der Waals surface area contributed by atoms with Crippen molar-refractivity contribution in [2.45, 2.75) is 25.7 Å². The van der Waals surface area contributed by atoms with Gasteiger partial charge in [0.05, 0.1) is 0 Å². The third-order valence-corrected chi connectivity index (χ3v) is 4.16. The third kappa shape index (κ3) is 3.17. The van der Waals surface area contributed by atoms with Crippen molar-refractivity contribution in [1.29, 1.82) is 5.26 Å². The van der Waals surface area contributed by atoms with Gasteiger partial charge in [-0.2, -0.15) is 5.26 Å². The fourth-order valence-corrected chi connectivity index (χ4v) is 2.94. The Morgan fingerprint density at radius 1 is 1.30 bits per heavy atom. The summed E-state index contributed by atoms with van der Waals surface area (Å²) in [7, 11) is 0. The van der Waals surface area contributed by atoms with E-state index in [0.717, 1.165) is 31.6 Å². The van der Waals surface area contributed by atoms with Gasteiger partial charge in [0.1, 0.15) is 16.6 Å². The van der Waals surface area contributed by atoms with Gasteiger partial charge >= 0.3 is 0 Å². The Kier molecular flexibility index (Phi) is 4.75. The lowest BCUT2D eigenvalue weighted by atomic mass is 9.89. The number of nitrogens with zero attached hydrogens (tertiary/aromatic N) is 2. The van der Waals surface area contributed by atoms with E-state index in [0.29, 0.717) is 11.5 Å². The molecule has 1 heterocycles. The average molecular weight is 285 g/mol. The maximum Gasteiger partial charge on any atom is 0.116 e. The summed E-state index contributed by atoms with van der Waals surface area (Å²) in [4.78, 5) is 2.41. The van der Waals surface area contributed by atoms with E-state index in [-0.39, 0.29) is 4.99 Å². The number of thiocarbonyl (C=S) groups is 1. The molecule has 0 saturated carbocycles. The molecule has 0 aromatic heterocycles. The summed E-state index contributed by atoms with van der Waals surface area (Å²) in [6.45, 7) is 3.82. The number of hydrogen-bond acceptors (Lipinski definition) is 3. The fraction of sp³-hybridized carbons (Fsp3) is 0.375. The Hall–Kier alpha value is -1.86. The molecule has 0 atom stereocenters. The van der Waals surface area contributed by atoms with E-state index in [1.807, 2.05) is 13.0 Å². The van der Waals surface area contributed by atoms with E-state index in [4.69, 9.17) is 23.2 Å². The molecule has 0 spiro atoms. The molecule has 20 heavy (non-hydrogen) atoms. The number of hydrogen-bond donors (Lipinski definition) is 1. The van der Waals surface area contributed by atoms with E-state index in [1.165, 1.54) is 5.56 Å². The Morgan fingerprint density at radius 2 is 1.90 bits per heavy atom. The summed E-state index contributed by atoms with van der Waals surface area (Å²) in [5, 5.41) is 9.13. The largest absolute Gasteiger partial charge is 0.389 e. The van der Waals surface area contributed by atoms with Crippen molar-refractivity contribution in [2.75, 3.05) is 13.1 Å². The van der Waals surface area contributed by atoms with Crippen LogP contribution in [-0.2, 0) is 0 Å². The Morgan fingerprint density at radius 3 is 2.40 bits per heavy atom. The van der Waals surface area contributed by atoms with Crippen LogP contribution in [-0.4, -0.2) is 23.0 Å². The second-order valence-corrected chi connectivity index (χ2v) is 5.55. The molecule has 1 aliphatic rings. The second kappa shape index (κ2) is 6.53. The summed E-state index contributed by atoms with van der Waals surface area (Å²) in [6.07, 6.45) is 2.19. The number of piperidine rings is 1. The van der Waals surface area contributed by atoms with E-state index in [2.05, 4.69) is 35.2 Å². The summed E-state index contributed by atoms with van der Waals surface area (Å²) in [6, 6.07) is 12.7. The quantitative estimate of drug-likeness (QED) is 0.527. The Labute approximate surface area is 125 Å². The highest BCUT2D eigenvalue weighted by Gasteiger charge is 2.22. The standard InChI is InChI=1S/C16H19N3S/c1-12(15(11-17)16(18)20)19-9-7-14(8-10-19)13-5-3-2-4-6-13/h2-6,14H,7-10H2,1H3,(H2,18,20)/b15-12-.